The molecule has 0 aromatic rings. The van der Waals surface area contributed by atoms with E-state index in [1.807, 2.05) is 0 Å². The van der Waals surface area contributed by atoms with E-state index < -0.39 is 18.4 Å². The Labute approximate surface area is 150 Å². The number of unbranched alkanes of at least 4 members (excludes halogenated alkanes) is 3. The molecule has 0 aromatic heterocycles. The average Bonchev–Trinajstić information content (AvgIpc) is 3.25. The molecule has 134 valence electrons. The molecule has 0 radical (unpaired) electrons. The van der Waals surface area contributed by atoms with Crippen LogP contribution in [0.3, 0.4) is 0 Å². The van der Waals surface area contributed by atoms with Crippen molar-refractivity contribution < 1.29 is 0 Å². The normalized spacial score (nSPS) is 22.0. The van der Waals surface area contributed by atoms with Crippen molar-refractivity contribution in [1.82, 2.24) is 4.90 Å². The van der Waals surface area contributed by atoms with Gasteiger partial charge in [0.15, 0.2) is 0 Å². The van der Waals surface area contributed by atoms with Crippen molar-refractivity contribution in [3.8, 4) is 0 Å². The van der Waals surface area contributed by atoms with Crippen molar-refractivity contribution in [2.75, 3.05) is 13.1 Å². The minimum atomic E-state index is -2.01. The van der Waals surface area contributed by atoms with Crippen molar-refractivity contribution >= 4 is 18.4 Å². The Morgan fingerprint density at radius 1 is 0.913 bits per heavy atom. The molecule has 0 bridgehead atoms. The molecule has 2 heteroatoms. The number of allylic oxidation sites excluding steroid dienone is 2. The number of nitrogens with zero attached hydrogens (tertiary/aromatic N) is 1. The molecular formula is C21H41NSn. The van der Waals surface area contributed by atoms with E-state index in [-0.39, 0.29) is 0 Å². The van der Waals surface area contributed by atoms with Gasteiger partial charge >= 0.3 is 150 Å². The fourth-order valence-corrected chi connectivity index (χ4v) is 23.1. The molecule has 23 heavy (non-hydrogen) atoms. The van der Waals surface area contributed by atoms with Crippen molar-refractivity contribution in [3.63, 3.8) is 0 Å². The van der Waals surface area contributed by atoms with E-state index >= 15 is 0 Å². The van der Waals surface area contributed by atoms with E-state index in [4.69, 9.17) is 0 Å². The predicted molar refractivity (Wildman–Crippen MR) is 107 cm³/mol. The van der Waals surface area contributed by atoms with Gasteiger partial charge in [0.2, 0.25) is 0 Å². The van der Waals surface area contributed by atoms with Crippen molar-refractivity contribution in [2.45, 2.75) is 102 Å². The minimum absolute atomic E-state index is 1.07. The molecule has 0 aromatic carbocycles. The molecule has 1 aliphatic heterocycles. The molecule has 1 atom stereocenters. The molecule has 1 unspecified atom stereocenters. The Morgan fingerprint density at radius 3 is 1.91 bits per heavy atom. The van der Waals surface area contributed by atoms with E-state index in [0.29, 0.717) is 0 Å². The van der Waals surface area contributed by atoms with E-state index in [1.54, 1.807) is 19.0 Å². The van der Waals surface area contributed by atoms with Gasteiger partial charge < -0.3 is 0 Å². The van der Waals surface area contributed by atoms with E-state index in [0.717, 1.165) is 3.93 Å². The van der Waals surface area contributed by atoms with Crippen LogP contribution < -0.4 is 0 Å². The van der Waals surface area contributed by atoms with Crippen LogP contribution in [0, 0.1) is 0 Å². The van der Waals surface area contributed by atoms with Crippen LogP contribution in [0.1, 0.15) is 85.0 Å². The molecule has 0 saturated carbocycles. The van der Waals surface area contributed by atoms with Gasteiger partial charge in [0, 0.05) is 0 Å². The summed E-state index contributed by atoms with van der Waals surface area (Å²) in [6, 6.07) is 0. The summed E-state index contributed by atoms with van der Waals surface area (Å²) >= 11 is -2.01. The molecule has 2 aliphatic rings. The Bertz CT molecular complexity index is 335. The van der Waals surface area contributed by atoms with Gasteiger partial charge in [0.1, 0.15) is 0 Å². The molecule has 0 N–H and O–H groups in total. The summed E-state index contributed by atoms with van der Waals surface area (Å²) in [7, 11) is 0. The zero-order chi connectivity index (χ0) is 16.5. The van der Waals surface area contributed by atoms with E-state index in [1.165, 1.54) is 77.3 Å². The van der Waals surface area contributed by atoms with Crippen LogP contribution in [-0.4, -0.2) is 36.4 Å². The Hall–Kier alpha value is 0.339. The third-order valence-corrected chi connectivity index (χ3v) is 23.8. The first-order valence-corrected chi connectivity index (χ1v) is 18.4. The number of hydrogen-bond donors (Lipinski definition) is 0. The van der Waals surface area contributed by atoms with Gasteiger partial charge in [0.25, 0.3) is 0 Å². The number of hydrogen-bond acceptors (Lipinski definition) is 1. The molecular weight excluding hydrogens is 385 g/mol. The van der Waals surface area contributed by atoms with Crippen LogP contribution in [0.15, 0.2) is 11.8 Å². The quantitative estimate of drug-likeness (QED) is 0.322. The summed E-state index contributed by atoms with van der Waals surface area (Å²) in [5, 5.41) is 0. The Morgan fingerprint density at radius 2 is 1.43 bits per heavy atom. The van der Waals surface area contributed by atoms with Gasteiger partial charge in [-0.2, -0.15) is 0 Å². The topological polar surface area (TPSA) is 3.24 Å². The first kappa shape index (κ1) is 19.7. The first-order chi connectivity index (χ1) is 11.3. The summed E-state index contributed by atoms with van der Waals surface area (Å²) in [4.78, 5) is 2.73. The maximum atomic E-state index is 2.84. The Balaban J connectivity index is 2.12. The summed E-state index contributed by atoms with van der Waals surface area (Å²) < 4.78 is 6.11. The summed E-state index contributed by atoms with van der Waals surface area (Å²) in [5.41, 5.74) is 1.76. The maximum absolute atomic E-state index is 2.84. The van der Waals surface area contributed by atoms with Crippen molar-refractivity contribution in [3.05, 3.63) is 11.8 Å². The molecule has 1 nitrogen and oxygen atoms in total. The van der Waals surface area contributed by atoms with Crippen LogP contribution in [0.5, 0.6) is 0 Å². The van der Waals surface area contributed by atoms with E-state index in [9.17, 15) is 0 Å². The standard InChI is InChI=1S/C9H14N.3C4H9.Sn/c1-2-6-9(5-1)10-7-3-4-8-10;3*1-3-4-2;/h1,5H,2-4,6-8H2;3*1,3-4H2,2H3;. The van der Waals surface area contributed by atoms with Crippen molar-refractivity contribution in [2.24, 2.45) is 0 Å². The second-order valence-electron chi connectivity index (χ2n) is 8.17. The summed E-state index contributed by atoms with van der Waals surface area (Å²) in [6.07, 6.45) is 17.4. The van der Waals surface area contributed by atoms with Gasteiger partial charge in [-0.25, -0.2) is 0 Å². The zero-order valence-electron chi connectivity index (χ0n) is 16.2. The fraction of sp³-hybridized carbons (Fsp3) is 0.905. The molecule has 1 saturated heterocycles. The molecule has 0 amide bonds. The monoisotopic (exact) mass is 427 g/mol. The summed E-state index contributed by atoms with van der Waals surface area (Å²) in [6.45, 7) is 9.89. The van der Waals surface area contributed by atoms with Crippen LogP contribution >= 0.6 is 0 Å². The molecule has 0 spiro atoms. The third kappa shape index (κ3) is 5.41. The first-order valence-electron chi connectivity index (χ1n) is 10.7. The van der Waals surface area contributed by atoms with Crippen LogP contribution in [0.2, 0.25) is 17.2 Å². The van der Waals surface area contributed by atoms with Crippen LogP contribution in [0.25, 0.3) is 0 Å². The predicted octanol–water partition coefficient (Wildman–Crippen LogP) is 6.98. The Kier molecular flexibility index (Phi) is 8.85. The summed E-state index contributed by atoms with van der Waals surface area (Å²) in [5.74, 6) is 0. The van der Waals surface area contributed by atoms with Crippen LogP contribution in [0.4, 0.5) is 0 Å². The van der Waals surface area contributed by atoms with Crippen molar-refractivity contribution in [1.29, 1.82) is 0 Å². The zero-order valence-corrected chi connectivity index (χ0v) is 19.1. The fourth-order valence-electron chi connectivity index (χ4n) is 4.97. The second-order valence-corrected chi connectivity index (χ2v) is 22.3. The van der Waals surface area contributed by atoms with Gasteiger partial charge in [-0.15, -0.1) is 0 Å². The number of rotatable bonds is 11. The molecule has 1 aliphatic carbocycles. The molecule has 1 heterocycles. The average molecular weight is 426 g/mol. The van der Waals surface area contributed by atoms with Gasteiger partial charge in [-0.05, 0) is 0 Å². The molecule has 1 fully saturated rings. The SMILES string of the molecule is CCC[CH2][Sn]([CH2]CCC)([CH2]CCC)[CH]1C=C(N2CCCC2)CC1. The second kappa shape index (κ2) is 10.4. The molecule has 2 rings (SSSR count). The van der Waals surface area contributed by atoms with E-state index in [2.05, 4.69) is 31.7 Å². The van der Waals surface area contributed by atoms with Crippen LogP contribution in [-0.2, 0) is 0 Å². The third-order valence-electron chi connectivity index (χ3n) is 6.49. The van der Waals surface area contributed by atoms with Gasteiger partial charge in [0.05, 0.1) is 0 Å². The van der Waals surface area contributed by atoms with Gasteiger partial charge in [-0.1, -0.05) is 0 Å². The number of likely N-dealkylation sites (tertiary alicyclic amines) is 1. The van der Waals surface area contributed by atoms with Gasteiger partial charge in [-0.3, -0.25) is 0 Å².